The van der Waals surface area contributed by atoms with E-state index in [0.29, 0.717) is 20.4 Å². The van der Waals surface area contributed by atoms with Crippen LogP contribution in [0.5, 0.6) is 0 Å². The van der Waals surface area contributed by atoms with E-state index in [9.17, 15) is 23.5 Å². The average Bonchev–Trinajstić information content (AvgIpc) is 3.05. The summed E-state index contributed by atoms with van der Waals surface area (Å²) in [6, 6.07) is 4.93. The summed E-state index contributed by atoms with van der Waals surface area (Å²) in [5.74, 6) is -3.20. The molecule has 3 heterocycles. The number of fused-ring (bicyclic) bond motifs is 2. The van der Waals surface area contributed by atoms with Gasteiger partial charge in [-0.1, -0.05) is 0 Å². The molecule has 2 unspecified atom stereocenters. The molecule has 2 aromatic heterocycles. The minimum absolute atomic E-state index is 0.0753. The highest BCUT2D eigenvalue weighted by molar-refractivity contribution is 8.10. The van der Waals surface area contributed by atoms with Gasteiger partial charge in [0, 0.05) is 18.6 Å². The van der Waals surface area contributed by atoms with Crippen LogP contribution < -0.4 is 10.4 Å². The molecular weight excluding hydrogens is 396 g/mol. The van der Waals surface area contributed by atoms with Crippen molar-refractivity contribution >= 4 is 49.2 Å². The van der Waals surface area contributed by atoms with Gasteiger partial charge in [0.1, 0.15) is 33.1 Å². The predicted octanol–water partition coefficient (Wildman–Crippen LogP) is 1.61. The summed E-state index contributed by atoms with van der Waals surface area (Å²) in [6.07, 6.45) is 1.08. The molecule has 1 aliphatic rings. The number of hydrogen-bond acceptors (Lipinski definition) is 7. The summed E-state index contributed by atoms with van der Waals surface area (Å²) in [5.41, 5.74) is 0.499. The van der Waals surface area contributed by atoms with Crippen LogP contribution in [0.4, 0.5) is 14.5 Å². The van der Waals surface area contributed by atoms with E-state index >= 15 is 0 Å². The Hall–Kier alpha value is -2.59. The number of anilines is 1. The van der Waals surface area contributed by atoms with E-state index in [0.717, 1.165) is 6.07 Å². The molecule has 2 atom stereocenters. The van der Waals surface area contributed by atoms with Crippen LogP contribution in [0.15, 0.2) is 35.5 Å². The van der Waals surface area contributed by atoms with Crippen molar-refractivity contribution in [2.24, 2.45) is 0 Å². The van der Waals surface area contributed by atoms with Gasteiger partial charge in [-0.2, -0.15) is 0 Å². The second kappa shape index (κ2) is 6.86. The minimum atomic E-state index is -1.34. The zero-order valence-corrected chi connectivity index (χ0v) is 15.2. The molecule has 4 rings (SSSR count). The van der Waals surface area contributed by atoms with Gasteiger partial charge < -0.3 is 15.2 Å². The number of pyridine rings is 1. The molecule has 0 radical (unpaired) electrons. The lowest BCUT2D eigenvalue weighted by atomic mass is 10.2. The van der Waals surface area contributed by atoms with Gasteiger partial charge in [-0.25, -0.2) is 23.5 Å². The fourth-order valence-electron chi connectivity index (χ4n) is 2.82. The van der Waals surface area contributed by atoms with Crippen molar-refractivity contribution in [3.05, 3.63) is 47.1 Å². The Kier molecular flexibility index (Phi) is 4.52. The number of carboxylic acids is 1. The van der Waals surface area contributed by atoms with Crippen LogP contribution in [0.1, 0.15) is 11.4 Å². The van der Waals surface area contributed by atoms with E-state index in [1.807, 2.05) is 0 Å². The van der Waals surface area contributed by atoms with Crippen molar-refractivity contribution in [1.29, 1.82) is 0 Å². The fourth-order valence-corrected chi connectivity index (χ4v) is 6.01. The quantitative estimate of drug-likeness (QED) is 0.661. The van der Waals surface area contributed by atoms with E-state index in [4.69, 9.17) is 0 Å². The minimum Gasteiger partial charge on any atom is -0.550 e. The molecule has 27 heavy (non-hydrogen) atoms. The van der Waals surface area contributed by atoms with Crippen molar-refractivity contribution in [2.45, 2.75) is 23.2 Å². The van der Waals surface area contributed by atoms with Crippen LogP contribution in [0.3, 0.4) is 0 Å². The first-order valence-corrected chi connectivity index (χ1v) is 10.0. The lowest BCUT2D eigenvalue weighted by Gasteiger charge is -2.23. The monoisotopic (exact) mass is 407 g/mol. The molecule has 1 aromatic carbocycles. The number of carbonyl (C=O) groups is 2. The van der Waals surface area contributed by atoms with E-state index in [1.165, 1.54) is 17.4 Å². The van der Waals surface area contributed by atoms with Crippen molar-refractivity contribution in [2.75, 3.05) is 5.32 Å². The molecule has 0 saturated carbocycles. The Morgan fingerprint density at radius 2 is 2.15 bits per heavy atom. The molecule has 0 bridgehead atoms. The summed E-state index contributed by atoms with van der Waals surface area (Å²) in [4.78, 5) is 32.2. The standard InChI is InChI=1S/C17H11F2N3O3S2/c18-8-3-4-11-15(14(8)19)22-12(26-11)7-27-16-9(2-1-5-20-16)21-10(17(27)25)6-13(23)24/h1-5,10,21H,6-7H2. The maximum atomic E-state index is 13.9. The van der Waals surface area contributed by atoms with Crippen molar-refractivity contribution in [3.63, 3.8) is 0 Å². The molecule has 138 valence electrons. The second-order valence-corrected chi connectivity index (χ2v) is 8.77. The van der Waals surface area contributed by atoms with Crippen LogP contribution in [0.25, 0.3) is 10.2 Å². The van der Waals surface area contributed by atoms with Crippen molar-refractivity contribution in [1.82, 2.24) is 9.97 Å². The first kappa shape index (κ1) is 17.8. The predicted molar refractivity (Wildman–Crippen MR) is 95.1 cm³/mol. The van der Waals surface area contributed by atoms with Crippen LogP contribution in [-0.2, 0) is 26.2 Å². The maximum Gasteiger partial charge on any atom is 0.361 e. The van der Waals surface area contributed by atoms with Crippen molar-refractivity contribution in [3.8, 4) is 0 Å². The van der Waals surface area contributed by atoms with Gasteiger partial charge in [-0.3, -0.25) is 0 Å². The lowest BCUT2D eigenvalue weighted by Crippen LogP contribution is -2.44. The molecule has 0 saturated heterocycles. The third kappa shape index (κ3) is 3.26. The highest BCUT2D eigenvalue weighted by Gasteiger charge is 2.46. The topological polar surface area (TPSA) is 95.0 Å². The highest BCUT2D eigenvalue weighted by Crippen LogP contribution is 2.34. The largest absolute Gasteiger partial charge is 0.550 e. The zero-order chi connectivity index (χ0) is 19.1. The fraction of sp³-hybridized carbons (Fsp3) is 0.176. The third-order valence-corrected chi connectivity index (χ3v) is 7.32. The van der Waals surface area contributed by atoms with Gasteiger partial charge in [0.2, 0.25) is 0 Å². The van der Waals surface area contributed by atoms with Gasteiger partial charge in [-0.15, -0.1) is 11.3 Å². The van der Waals surface area contributed by atoms with Crippen LogP contribution >= 0.6 is 11.3 Å². The number of nitrogens with one attached hydrogen (secondary N) is 1. The molecule has 0 fully saturated rings. The van der Waals surface area contributed by atoms with Gasteiger partial charge in [-0.05, 0) is 24.3 Å². The molecule has 0 spiro atoms. The smallest absolute Gasteiger partial charge is 0.361 e. The molecule has 1 aliphatic heterocycles. The first-order chi connectivity index (χ1) is 12.9. The van der Waals surface area contributed by atoms with Gasteiger partial charge in [0.15, 0.2) is 17.4 Å². The van der Waals surface area contributed by atoms with Gasteiger partial charge in [0.25, 0.3) is 5.03 Å². The molecule has 3 aromatic rings. The highest BCUT2D eigenvalue weighted by atomic mass is 32.2. The van der Waals surface area contributed by atoms with E-state index in [1.54, 1.807) is 18.3 Å². The molecule has 6 nitrogen and oxygen atoms in total. The molecule has 1 N–H and O–H groups in total. The van der Waals surface area contributed by atoms with E-state index < -0.39 is 41.0 Å². The average molecular weight is 407 g/mol. The Labute approximate surface area is 158 Å². The van der Waals surface area contributed by atoms with Crippen LogP contribution in [-0.4, -0.2) is 27.1 Å². The lowest BCUT2D eigenvalue weighted by molar-refractivity contribution is -0.305. The Morgan fingerprint density at radius 1 is 1.33 bits per heavy atom. The third-order valence-electron chi connectivity index (χ3n) is 4.00. The van der Waals surface area contributed by atoms with Crippen LogP contribution in [0, 0.1) is 11.6 Å². The maximum absolute atomic E-state index is 13.9. The number of rotatable bonds is 4. The summed E-state index contributed by atoms with van der Waals surface area (Å²) in [7, 11) is -1.07. The number of benzene rings is 1. The Balaban J connectivity index is 1.72. The second-order valence-electron chi connectivity index (χ2n) is 5.80. The summed E-state index contributed by atoms with van der Waals surface area (Å²) in [5, 5.41) is 14.5. The Bertz CT molecular complexity index is 1070. The zero-order valence-electron chi connectivity index (χ0n) is 13.6. The number of thiazole rings is 1. The summed E-state index contributed by atoms with van der Waals surface area (Å²) < 4.78 is 27.8. The summed E-state index contributed by atoms with van der Waals surface area (Å²) in [6.45, 7) is 0. The van der Waals surface area contributed by atoms with Gasteiger partial charge >= 0.3 is 5.12 Å². The molecule has 0 amide bonds. The van der Waals surface area contributed by atoms with Gasteiger partial charge in [0.05, 0.1) is 4.70 Å². The number of hydrogen-bond donors (Lipinski definition) is 1. The number of carboxylic acid groups (broad SMARTS) is 1. The SMILES string of the molecule is O=C([O-])CC1Nc2cccnc2[S+](Cc2nc3c(F)c(F)ccc3s2)C1=O. The number of carbonyl (C=O) groups excluding carboxylic acids is 2. The normalized spacial score (nSPS) is 19.0. The summed E-state index contributed by atoms with van der Waals surface area (Å²) >= 11 is 1.17. The molecule has 0 aliphatic carbocycles. The number of nitrogens with zero attached hydrogens (tertiary/aromatic N) is 2. The Morgan fingerprint density at radius 3 is 2.93 bits per heavy atom. The van der Waals surface area contributed by atoms with Crippen molar-refractivity contribution < 1.29 is 23.5 Å². The number of aliphatic carboxylic acids is 1. The number of aromatic nitrogens is 2. The van der Waals surface area contributed by atoms with E-state index in [2.05, 4.69) is 15.3 Å². The van der Waals surface area contributed by atoms with Crippen LogP contribution in [0.2, 0.25) is 0 Å². The molecular formula is C17H11F2N3O3S2. The van der Waals surface area contributed by atoms with E-state index in [-0.39, 0.29) is 16.4 Å². The number of halogens is 2. The first-order valence-electron chi connectivity index (χ1n) is 7.83. The molecule has 10 heteroatoms.